The van der Waals surface area contributed by atoms with Crippen LogP contribution in [0.25, 0.3) is 0 Å². The van der Waals surface area contributed by atoms with Crippen molar-refractivity contribution < 1.29 is 4.74 Å². The van der Waals surface area contributed by atoms with Crippen molar-refractivity contribution in [3.63, 3.8) is 0 Å². The van der Waals surface area contributed by atoms with Crippen LogP contribution in [-0.2, 0) is 10.8 Å². The van der Waals surface area contributed by atoms with Gasteiger partial charge in [-0.15, -0.1) is 0 Å². The molecule has 0 aliphatic heterocycles. The van der Waals surface area contributed by atoms with Gasteiger partial charge in [-0.3, -0.25) is 0 Å². The third-order valence-electron chi connectivity index (χ3n) is 2.92. The highest BCUT2D eigenvalue weighted by molar-refractivity contribution is 9.10. The molecule has 0 fully saturated rings. The van der Waals surface area contributed by atoms with Crippen molar-refractivity contribution in [3.05, 3.63) is 27.7 Å². The minimum atomic E-state index is 0.0785. The van der Waals surface area contributed by atoms with E-state index in [0.717, 1.165) is 10.2 Å². The summed E-state index contributed by atoms with van der Waals surface area (Å²) in [6.45, 7) is 13.3. The Bertz CT molecular complexity index is 408. The van der Waals surface area contributed by atoms with Gasteiger partial charge in [0.25, 0.3) is 0 Å². The van der Waals surface area contributed by atoms with E-state index in [1.165, 1.54) is 11.1 Å². The Morgan fingerprint density at radius 1 is 0.941 bits per heavy atom. The van der Waals surface area contributed by atoms with Crippen molar-refractivity contribution in [1.29, 1.82) is 0 Å². The molecule has 0 spiro atoms. The Morgan fingerprint density at radius 3 is 1.82 bits per heavy atom. The van der Waals surface area contributed by atoms with Gasteiger partial charge in [-0.25, -0.2) is 0 Å². The standard InChI is InChI=1S/C15H23BrO/c1-14(2,3)10-8-11(15(4,5)6)13(17-7)12(16)9-10/h8-9H,1-7H3. The van der Waals surface area contributed by atoms with Gasteiger partial charge in [-0.2, -0.15) is 0 Å². The second kappa shape index (κ2) is 4.64. The number of benzene rings is 1. The first kappa shape index (κ1) is 14.6. The molecule has 96 valence electrons. The summed E-state index contributed by atoms with van der Waals surface area (Å²) in [5.41, 5.74) is 2.80. The van der Waals surface area contributed by atoms with E-state index in [4.69, 9.17) is 4.74 Å². The van der Waals surface area contributed by atoms with Crippen molar-refractivity contribution in [2.24, 2.45) is 0 Å². The maximum Gasteiger partial charge on any atom is 0.136 e. The van der Waals surface area contributed by atoms with Crippen LogP contribution in [0.15, 0.2) is 16.6 Å². The summed E-state index contributed by atoms with van der Waals surface area (Å²) < 4.78 is 6.56. The minimum Gasteiger partial charge on any atom is -0.495 e. The van der Waals surface area contributed by atoms with Crippen LogP contribution in [0.3, 0.4) is 0 Å². The second-order valence-corrected chi connectivity index (χ2v) is 7.39. The van der Waals surface area contributed by atoms with E-state index < -0.39 is 0 Å². The lowest BCUT2D eigenvalue weighted by atomic mass is 9.80. The maximum atomic E-state index is 5.52. The molecule has 0 amide bonds. The number of hydrogen-bond acceptors (Lipinski definition) is 1. The highest BCUT2D eigenvalue weighted by Gasteiger charge is 2.24. The van der Waals surface area contributed by atoms with Gasteiger partial charge in [-0.05, 0) is 38.4 Å². The molecule has 1 aromatic carbocycles. The fourth-order valence-corrected chi connectivity index (χ4v) is 2.41. The molecule has 0 unspecified atom stereocenters. The largest absolute Gasteiger partial charge is 0.495 e. The first-order valence-electron chi connectivity index (χ1n) is 5.96. The fraction of sp³-hybridized carbons (Fsp3) is 0.600. The Labute approximate surface area is 114 Å². The normalized spacial score (nSPS) is 12.7. The lowest BCUT2D eigenvalue weighted by Crippen LogP contribution is -2.17. The molecule has 0 aromatic heterocycles. The van der Waals surface area contributed by atoms with Gasteiger partial charge in [0, 0.05) is 5.56 Å². The molecule has 0 aliphatic rings. The molecular weight excluding hydrogens is 276 g/mol. The van der Waals surface area contributed by atoms with Crippen LogP contribution >= 0.6 is 15.9 Å². The van der Waals surface area contributed by atoms with Crippen molar-refractivity contribution in [1.82, 2.24) is 0 Å². The zero-order chi connectivity index (χ0) is 13.4. The summed E-state index contributed by atoms with van der Waals surface area (Å²) in [5, 5.41) is 0. The van der Waals surface area contributed by atoms with Gasteiger partial charge >= 0.3 is 0 Å². The van der Waals surface area contributed by atoms with E-state index >= 15 is 0 Å². The van der Waals surface area contributed by atoms with Gasteiger partial charge < -0.3 is 4.74 Å². The van der Waals surface area contributed by atoms with E-state index in [9.17, 15) is 0 Å². The summed E-state index contributed by atoms with van der Waals surface area (Å²) in [6, 6.07) is 4.43. The van der Waals surface area contributed by atoms with Crippen LogP contribution in [0, 0.1) is 0 Å². The first-order chi connectivity index (χ1) is 7.57. The topological polar surface area (TPSA) is 9.23 Å². The SMILES string of the molecule is COc1c(Br)cc(C(C)(C)C)cc1C(C)(C)C. The molecule has 0 atom stereocenters. The molecule has 2 heteroatoms. The Morgan fingerprint density at radius 2 is 1.47 bits per heavy atom. The predicted octanol–water partition coefficient (Wildman–Crippen LogP) is 5.05. The summed E-state index contributed by atoms with van der Waals surface area (Å²) in [7, 11) is 1.73. The average Bonchev–Trinajstić information content (AvgIpc) is 2.13. The second-order valence-electron chi connectivity index (χ2n) is 6.54. The molecule has 1 nitrogen and oxygen atoms in total. The molecular formula is C15H23BrO. The van der Waals surface area contributed by atoms with E-state index in [1.807, 2.05) is 0 Å². The van der Waals surface area contributed by atoms with Crippen LogP contribution in [0.2, 0.25) is 0 Å². The van der Waals surface area contributed by atoms with Gasteiger partial charge in [0.2, 0.25) is 0 Å². The zero-order valence-corrected chi connectivity index (χ0v) is 13.5. The highest BCUT2D eigenvalue weighted by Crippen LogP contribution is 2.40. The Kier molecular flexibility index (Phi) is 3.97. The summed E-state index contributed by atoms with van der Waals surface area (Å²) >= 11 is 3.62. The molecule has 0 saturated carbocycles. The predicted molar refractivity (Wildman–Crippen MR) is 78.1 cm³/mol. The van der Waals surface area contributed by atoms with E-state index in [2.05, 4.69) is 69.6 Å². The molecule has 1 rings (SSSR count). The van der Waals surface area contributed by atoms with Crippen molar-refractivity contribution in [2.45, 2.75) is 52.4 Å². The number of methoxy groups -OCH3 is 1. The Balaban J connectivity index is 3.51. The van der Waals surface area contributed by atoms with Gasteiger partial charge in [0.15, 0.2) is 0 Å². The Hall–Kier alpha value is -0.500. The molecule has 17 heavy (non-hydrogen) atoms. The smallest absolute Gasteiger partial charge is 0.136 e. The summed E-state index contributed by atoms with van der Waals surface area (Å²) in [4.78, 5) is 0. The van der Waals surface area contributed by atoms with Gasteiger partial charge in [-0.1, -0.05) is 47.6 Å². The van der Waals surface area contributed by atoms with Crippen LogP contribution in [0.1, 0.15) is 52.7 Å². The van der Waals surface area contributed by atoms with E-state index in [1.54, 1.807) is 7.11 Å². The lowest BCUT2D eigenvalue weighted by Gasteiger charge is -2.27. The van der Waals surface area contributed by atoms with Crippen molar-refractivity contribution >= 4 is 15.9 Å². The summed E-state index contributed by atoms with van der Waals surface area (Å²) in [5.74, 6) is 0.950. The highest BCUT2D eigenvalue weighted by atomic mass is 79.9. The maximum absolute atomic E-state index is 5.52. The van der Waals surface area contributed by atoms with E-state index in [-0.39, 0.29) is 10.8 Å². The molecule has 0 bridgehead atoms. The summed E-state index contributed by atoms with van der Waals surface area (Å²) in [6.07, 6.45) is 0. The molecule has 0 heterocycles. The van der Waals surface area contributed by atoms with Crippen molar-refractivity contribution in [2.75, 3.05) is 7.11 Å². The average molecular weight is 299 g/mol. The number of halogens is 1. The third kappa shape index (κ3) is 3.25. The molecule has 0 radical (unpaired) electrons. The van der Waals surface area contributed by atoms with Gasteiger partial charge in [0.1, 0.15) is 5.75 Å². The van der Waals surface area contributed by atoms with Gasteiger partial charge in [0.05, 0.1) is 11.6 Å². The lowest BCUT2D eigenvalue weighted by molar-refractivity contribution is 0.394. The zero-order valence-electron chi connectivity index (χ0n) is 11.9. The molecule has 0 saturated heterocycles. The van der Waals surface area contributed by atoms with Crippen LogP contribution in [0.4, 0.5) is 0 Å². The van der Waals surface area contributed by atoms with E-state index in [0.29, 0.717) is 0 Å². The first-order valence-corrected chi connectivity index (χ1v) is 6.75. The van der Waals surface area contributed by atoms with Crippen molar-refractivity contribution in [3.8, 4) is 5.75 Å². The monoisotopic (exact) mass is 298 g/mol. The van der Waals surface area contributed by atoms with Crippen LogP contribution in [-0.4, -0.2) is 7.11 Å². The number of rotatable bonds is 1. The quantitative estimate of drug-likeness (QED) is 0.705. The number of hydrogen-bond donors (Lipinski definition) is 0. The van der Waals surface area contributed by atoms with Crippen LogP contribution < -0.4 is 4.74 Å². The fourth-order valence-electron chi connectivity index (χ4n) is 1.79. The third-order valence-corrected chi connectivity index (χ3v) is 3.51. The number of ether oxygens (including phenoxy) is 1. The molecule has 1 aromatic rings. The minimum absolute atomic E-state index is 0.0785. The molecule has 0 aliphatic carbocycles. The molecule has 0 N–H and O–H groups in total. The van der Waals surface area contributed by atoms with Crippen LogP contribution in [0.5, 0.6) is 5.75 Å².